The first-order valence-electron chi connectivity index (χ1n) is 12.8. The number of hydrogen-bond donors (Lipinski definition) is 1. The van der Waals surface area contributed by atoms with Crippen LogP contribution in [0, 0.1) is 30.1 Å². The number of carbonyl (C=O) groups excluding carboxylic acids is 1. The summed E-state index contributed by atoms with van der Waals surface area (Å²) < 4.78 is 5.33. The fraction of sp³-hybridized carbons (Fsp3) is 0.467. The number of aromatic nitrogens is 1. The molecule has 1 atom stereocenters. The summed E-state index contributed by atoms with van der Waals surface area (Å²) in [5.74, 6) is 3.46. The number of para-hydroxylation sites is 1. The van der Waals surface area contributed by atoms with E-state index in [2.05, 4.69) is 12.2 Å². The van der Waals surface area contributed by atoms with Crippen molar-refractivity contribution >= 4 is 16.8 Å². The Balaban J connectivity index is 1.36. The molecule has 3 aromatic rings. The molecule has 0 aliphatic heterocycles. The molecule has 1 amide bonds. The molecule has 1 N–H and O–H groups in total. The van der Waals surface area contributed by atoms with E-state index in [4.69, 9.17) is 9.72 Å². The van der Waals surface area contributed by atoms with E-state index in [1.54, 1.807) is 7.11 Å². The predicted octanol–water partition coefficient (Wildman–Crippen LogP) is 6.55. The van der Waals surface area contributed by atoms with Crippen molar-refractivity contribution in [1.82, 2.24) is 10.3 Å². The lowest BCUT2D eigenvalue weighted by atomic mass is 9.48. The molecule has 7 rings (SSSR count). The van der Waals surface area contributed by atoms with Crippen LogP contribution >= 0.6 is 0 Å². The zero-order chi connectivity index (χ0) is 23.4. The number of nitrogens with one attached hydrogen (secondary N) is 1. The van der Waals surface area contributed by atoms with Crippen molar-refractivity contribution in [2.24, 2.45) is 23.2 Å². The Kier molecular flexibility index (Phi) is 5.16. The van der Waals surface area contributed by atoms with Crippen LogP contribution in [0.5, 0.6) is 5.75 Å². The van der Waals surface area contributed by atoms with Gasteiger partial charge in [0.1, 0.15) is 5.75 Å². The van der Waals surface area contributed by atoms with Crippen molar-refractivity contribution in [3.63, 3.8) is 0 Å². The van der Waals surface area contributed by atoms with Gasteiger partial charge in [0.2, 0.25) is 0 Å². The van der Waals surface area contributed by atoms with Gasteiger partial charge in [0.05, 0.1) is 23.9 Å². The third kappa shape index (κ3) is 3.50. The Morgan fingerprint density at radius 2 is 1.62 bits per heavy atom. The summed E-state index contributed by atoms with van der Waals surface area (Å²) >= 11 is 0. The molecule has 0 saturated heterocycles. The highest BCUT2D eigenvalue weighted by Crippen LogP contribution is 2.61. The highest BCUT2D eigenvalue weighted by atomic mass is 16.5. The van der Waals surface area contributed by atoms with Gasteiger partial charge in [0.15, 0.2) is 0 Å². The largest absolute Gasteiger partial charge is 0.497 e. The van der Waals surface area contributed by atoms with Gasteiger partial charge < -0.3 is 10.1 Å². The molecule has 34 heavy (non-hydrogen) atoms. The number of methoxy groups -OCH3 is 1. The third-order valence-electron chi connectivity index (χ3n) is 9.08. The summed E-state index contributed by atoms with van der Waals surface area (Å²) in [5.41, 5.74) is 4.67. The van der Waals surface area contributed by atoms with E-state index >= 15 is 0 Å². The quantitative estimate of drug-likeness (QED) is 0.475. The average molecular weight is 455 g/mol. The van der Waals surface area contributed by atoms with Crippen LogP contribution < -0.4 is 10.1 Å². The number of nitrogens with zero attached hydrogens (tertiary/aromatic N) is 1. The summed E-state index contributed by atoms with van der Waals surface area (Å²) in [4.78, 5) is 18.9. The fourth-order valence-electron chi connectivity index (χ4n) is 7.76. The van der Waals surface area contributed by atoms with Crippen molar-refractivity contribution in [2.45, 2.75) is 58.4 Å². The number of hydrogen-bond acceptors (Lipinski definition) is 3. The van der Waals surface area contributed by atoms with Gasteiger partial charge in [-0.1, -0.05) is 18.2 Å². The molecule has 1 heterocycles. The van der Waals surface area contributed by atoms with E-state index in [0.29, 0.717) is 0 Å². The van der Waals surface area contributed by atoms with Gasteiger partial charge in [0.25, 0.3) is 5.91 Å². The zero-order valence-electron chi connectivity index (χ0n) is 20.4. The molecule has 176 valence electrons. The molecule has 4 bridgehead atoms. The van der Waals surface area contributed by atoms with Crippen LogP contribution in [0.3, 0.4) is 0 Å². The minimum atomic E-state index is 0.0362. The third-order valence-corrected chi connectivity index (χ3v) is 9.08. The second kappa shape index (κ2) is 8.11. The van der Waals surface area contributed by atoms with Crippen LogP contribution in [-0.4, -0.2) is 24.0 Å². The minimum absolute atomic E-state index is 0.0362. The van der Waals surface area contributed by atoms with Crippen molar-refractivity contribution in [3.8, 4) is 17.0 Å². The number of carbonyl (C=O) groups is 1. The van der Waals surface area contributed by atoms with Crippen molar-refractivity contribution in [1.29, 1.82) is 0 Å². The van der Waals surface area contributed by atoms with Crippen LogP contribution in [0.2, 0.25) is 0 Å². The standard InChI is InChI=1S/C30H34N2O2/c1-18-27(29(33)31-19(2)30-15-20-12-21(16-30)14-22(13-20)17-30)25-6-4-5-7-26(25)32-28(18)23-8-10-24(34-3)11-9-23/h4-11,19-22H,12-17H2,1-3H3,(H,31,33). The molecule has 4 aliphatic carbocycles. The highest BCUT2D eigenvalue weighted by molar-refractivity contribution is 6.09. The maximum absolute atomic E-state index is 13.9. The predicted molar refractivity (Wildman–Crippen MR) is 136 cm³/mol. The maximum Gasteiger partial charge on any atom is 0.252 e. The van der Waals surface area contributed by atoms with Crippen LogP contribution in [0.25, 0.3) is 22.2 Å². The van der Waals surface area contributed by atoms with E-state index in [0.717, 1.165) is 56.8 Å². The monoisotopic (exact) mass is 454 g/mol. The van der Waals surface area contributed by atoms with Crippen molar-refractivity contribution in [2.75, 3.05) is 7.11 Å². The van der Waals surface area contributed by atoms with Crippen LogP contribution in [0.15, 0.2) is 48.5 Å². The Morgan fingerprint density at radius 1 is 1.00 bits per heavy atom. The first-order chi connectivity index (χ1) is 16.5. The topological polar surface area (TPSA) is 51.2 Å². The van der Waals surface area contributed by atoms with Gasteiger partial charge in [-0.3, -0.25) is 4.79 Å². The number of ether oxygens (including phenoxy) is 1. The number of rotatable bonds is 5. The van der Waals surface area contributed by atoms with E-state index in [-0.39, 0.29) is 17.4 Å². The summed E-state index contributed by atoms with van der Waals surface area (Å²) in [6.45, 7) is 4.29. The summed E-state index contributed by atoms with van der Waals surface area (Å²) in [5, 5.41) is 4.42. The molecule has 1 aromatic heterocycles. The molecular formula is C30H34N2O2. The van der Waals surface area contributed by atoms with Gasteiger partial charge in [0, 0.05) is 17.0 Å². The fourth-order valence-corrected chi connectivity index (χ4v) is 7.76. The smallest absolute Gasteiger partial charge is 0.252 e. The van der Waals surface area contributed by atoms with Crippen LogP contribution in [-0.2, 0) is 0 Å². The van der Waals surface area contributed by atoms with Crippen molar-refractivity contribution in [3.05, 3.63) is 59.7 Å². The van der Waals surface area contributed by atoms with Crippen molar-refractivity contribution < 1.29 is 9.53 Å². The van der Waals surface area contributed by atoms with E-state index in [9.17, 15) is 4.79 Å². The number of amides is 1. The molecule has 4 nitrogen and oxygen atoms in total. The van der Waals surface area contributed by atoms with Gasteiger partial charge in [-0.05, 0) is 111 Å². The Morgan fingerprint density at radius 3 is 2.24 bits per heavy atom. The lowest BCUT2D eigenvalue weighted by Crippen LogP contribution is -2.55. The van der Waals surface area contributed by atoms with Crippen LogP contribution in [0.4, 0.5) is 0 Å². The number of fused-ring (bicyclic) bond motifs is 1. The molecule has 4 fully saturated rings. The van der Waals surface area contributed by atoms with E-state index in [1.165, 1.54) is 38.5 Å². The SMILES string of the molecule is COc1ccc(-c2nc3ccccc3c(C(=O)NC(C)C34CC5CC(CC(C5)C3)C4)c2C)cc1. The van der Waals surface area contributed by atoms with Gasteiger partial charge in [-0.2, -0.15) is 0 Å². The first-order valence-corrected chi connectivity index (χ1v) is 12.8. The normalized spacial score (nSPS) is 28.1. The first kappa shape index (κ1) is 21.6. The Labute approximate surface area is 202 Å². The Hall–Kier alpha value is -2.88. The second-order valence-electron chi connectivity index (χ2n) is 11.2. The lowest BCUT2D eigenvalue weighted by Gasteiger charge is -2.59. The van der Waals surface area contributed by atoms with Gasteiger partial charge in [-0.15, -0.1) is 0 Å². The van der Waals surface area contributed by atoms with Gasteiger partial charge >= 0.3 is 0 Å². The zero-order valence-corrected chi connectivity index (χ0v) is 20.4. The molecule has 1 unspecified atom stereocenters. The second-order valence-corrected chi connectivity index (χ2v) is 11.2. The molecule has 0 spiro atoms. The Bertz CT molecular complexity index is 1210. The van der Waals surface area contributed by atoms with E-state index in [1.807, 2.05) is 55.5 Å². The summed E-state index contributed by atoms with van der Waals surface area (Å²) in [7, 11) is 1.67. The summed E-state index contributed by atoms with van der Waals surface area (Å²) in [6, 6.07) is 16.1. The van der Waals surface area contributed by atoms with E-state index < -0.39 is 0 Å². The molecule has 2 aromatic carbocycles. The molecule has 4 saturated carbocycles. The molecule has 0 radical (unpaired) electrons. The number of benzene rings is 2. The molecule has 4 heteroatoms. The van der Waals surface area contributed by atoms with Gasteiger partial charge in [-0.25, -0.2) is 4.98 Å². The van der Waals surface area contributed by atoms with Crippen LogP contribution in [0.1, 0.15) is 61.4 Å². The lowest BCUT2D eigenvalue weighted by molar-refractivity contribution is -0.0687. The number of pyridine rings is 1. The summed E-state index contributed by atoms with van der Waals surface area (Å²) in [6.07, 6.45) is 8.10. The average Bonchev–Trinajstić information content (AvgIpc) is 2.83. The molecule has 4 aliphatic rings. The molecular weight excluding hydrogens is 420 g/mol. The minimum Gasteiger partial charge on any atom is -0.497 e. The highest BCUT2D eigenvalue weighted by Gasteiger charge is 2.53. The maximum atomic E-state index is 13.9.